The third-order valence-corrected chi connectivity index (χ3v) is 6.57. The topological polar surface area (TPSA) is 102 Å². The summed E-state index contributed by atoms with van der Waals surface area (Å²) in [4.78, 5) is 10.5. The molecule has 0 amide bonds. The van der Waals surface area contributed by atoms with Crippen LogP contribution in [0.1, 0.15) is 18.4 Å². The van der Waals surface area contributed by atoms with Gasteiger partial charge in [-0.25, -0.2) is 8.42 Å². The molecule has 150 valence electrons. The third-order valence-electron chi connectivity index (χ3n) is 4.63. The first-order valence-electron chi connectivity index (χ1n) is 9.10. The summed E-state index contributed by atoms with van der Waals surface area (Å²) in [6.07, 6.45) is 1.59. The SMILES string of the molecule is Cc1ccccc1OCCNc1ccc([N+](=O)[O-])cc1S(=O)(=O)N1CCCC1. The molecule has 1 aliphatic heterocycles. The van der Waals surface area contributed by atoms with Crippen LogP contribution in [0.25, 0.3) is 0 Å². The van der Waals surface area contributed by atoms with Gasteiger partial charge < -0.3 is 10.1 Å². The van der Waals surface area contributed by atoms with Gasteiger partial charge in [-0.1, -0.05) is 18.2 Å². The molecule has 0 aromatic heterocycles. The maximum Gasteiger partial charge on any atom is 0.270 e. The fraction of sp³-hybridized carbons (Fsp3) is 0.368. The van der Waals surface area contributed by atoms with E-state index in [0.29, 0.717) is 31.9 Å². The van der Waals surface area contributed by atoms with Gasteiger partial charge in [0.15, 0.2) is 0 Å². The molecule has 0 unspecified atom stereocenters. The van der Waals surface area contributed by atoms with Crippen molar-refractivity contribution in [3.05, 3.63) is 58.1 Å². The molecule has 2 aromatic rings. The van der Waals surface area contributed by atoms with Gasteiger partial charge in [0.05, 0.1) is 10.6 Å². The second-order valence-corrected chi connectivity index (χ2v) is 8.50. The average molecular weight is 405 g/mol. The minimum atomic E-state index is -3.80. The fourth-order valence-corrected chi connectivity index (χ4v) is 4.82. The number of nitro benzene ring substituents is 1. The number of nitrogens with zero attached hydrogens (tertiary/aromatic N) is 2. The van der Waals surface area contributed by atoms with Crippen molar-refractivity contribution in [2.45, 2.75) is 24.7 Å². The maximum atomic E-state index is 13.0. The zero-order chi connectivity index (χ0) is 20.1. The number of hydrogen-bond acceptors (Lipinski definition) is 6. The molecule has 2 aromatic carbocycles. The van der Waals surface area contributed by atoms with E-state index < -0.39 is 14.9 Å². The van der Waals surface area contributed by atoms with Gasteiger partial charge in [-0.2, -0.15) is 4.31 Å². The molecule has 0 atom stereocenters. The Morgan fingerprint density at radius 3 is 2.57 bits per heavy atom. The van der Waals surface area contributed by atoms with Crippen LogP contribution >= 0.6 is 0 Å². The van der Waals surface area contributed by atoms with Crippen LogP contribution in [0.3, 0.4) is 0 Å². The van der Waals surface area contributed by atoms with E-state index in [-0.39, 0.29) is 10.6 Å². The summed E-state index contributed by atoms with van der Waals surface area (Å²) in [5.74, 6) is 0.762. The minimum absolute atomic E-state index is 0.0699. The third kappa shape index (κ3) is 4.42. The molecule has 1 N–H and O–H groups in total. The Bertz CT molecular complexity index is 956. The van der Waals surface area contributed by atoms with E-state index in [2.05, 4.69) is 5.32 Å². The number of non-ortho nitro benzene ring substituents is 1. The van der Waals surface area contributed by atoms with Crippen LogP contribution in [-0.2, 0) is 10.0 Å². The van der Waals surface area contributed by atoms with E-state index in [0.717, 1.165) is 30.2 Å². The van der Waals surface area contributed by atoms with Crippen molar-refractivity contribution in [3.63, 3.8) is 0 Å². The van der Waals surface area contributed by atoms with Gasteiger partial charge in [0, 0.05) is 31.8 Å². The van der Waals surface area contributed by atoms with Crippen molar-refractivity contribution in [1.29, 1.82) is 0 Å². The van der Waals surface area contributed by atoms with Crippen LogP contribution in [0.4, 0.5) is 11.4 Å². The number of nitrogens with one attached hydrogen (secondary N) is 1. The van der Waals surface area contributed by atoms with E-state index in [9.17, 15) is 18.5 Å². The van der Waals surface area contributed by atoms with Crippen LogP contribution in [0.2, 0.25) is 0 Å². The Hall–Kier alpha value is -2.65. The number of anilines is 1. The van der Waals surface area contributed by atoms with Crippen LogP contribution in [0, 0.1) is 17.0 Å². The van der Waals surface area contributed by atoms with E-state index in [4.69, 9.17) is 4.74 Å². The molecule has 1 fully saturated rings. The predicted octanol–water partition coefficient (Wildman–Crippen LogP) is 3.18. The summed E-state index contributed by atoms with van der Waals surface area (Å²) < 4.78 is 33.0. The van der Waals surface area contributed by atoms with Gasteiger partial charge >= 0.3 is 0 Å². The average Bonchev–Trinajstić information content (AvgIpc) is 3.22. The molecule has 1 heterocycles. The molecule has 1 saturated heterocycles. The van der Waals surface area contributed by atoms with Crippen LogP contribution < -0.4 is 10.1 Å². The molecule has 0 spiro atoms. The summed E-state index contributed by atoms with van der Waals surface area (Å²) in [5.41, 5.74) is 1.10. The standard InChI is InChI=1S/C19H23N3O5S/c1-15-6-2-3-7-18(15)27-13-10-20-17-9-8-16(22(23)24)14-19(17)28(25,26)21-11-4-5-12-21/h2-3,6-9,14,20H,4-5,10-13H2,1H3. The molecule has 0 radical (unpaired) electrons. The molecule has 0 bridgehead atoms. The largest absolute Gasteiger partial charge is 0.491 e. The van der Waals surface area contributed by atoms with Crippen molar-refractivity contribution < 1.29 is 18.1 Å². The lowest BCUT2D eigenvalue weighted by Crippen LogP contribution is -2.29. The van der Waals surface area contributed by atoms with Crippen LogP contribution in [-0.4, -0.2) is 43.9 Å². The van der Waals surface area contributed by atoms with Crippen LogP contribution in [0.5, 0.6) is 5.75 Å². The van der Waals surface area contributed by atoms with E-state index in [1.54, 1.807) is 0 Å². The second-order valence-electron chi connectivity index (χ2n) is 6.59. The van der Waals surface area contributed by atoms with Crippen LogP contribution in [0.15, 0.2) is 47.4 Å². The van der Waals surface area contributed by atoms with Gasteiger partial charge in [-0.3, -0.25) is 10.1 Å². The number of ether oxygens (including phenoxy) is 1. The highest BCUT2D eigenvalue weighted by Gasteiger charge is 2.30. The number of nitro groups is 1. The molecule has 0 aliphatic carbocycles. The lowest BCUT2D eigenvalue weighted by Gasteiger charge is -2.19. The molecule has 8 nitrogen and oxygen atoms in total. The van der Waals surface area contributed by atoms with Gasteiger partial charge in [0.1, 0.15) is 17.3 Å². The number of rotatable bonds is 8. The summed E-state index contributed by atoms with van der Waals surface area (Å²) >= 11 is 0. The first kappa shape index (κ1) is 20.1. The first-order chi connectivity index (χ1) is 13.4. The number of para-hydroxylation sites is 1. The summed E-state index contributed by atoms with van der Waals surface area (Å²) in [6, 6.07) is 11.5. The quantitative estimate of drug-likeness (QED) is 0.411. The lowest BCUT2D eigenvalue weighted by atomic mass is 10.2. The highest BCUT2D eigenvalue weighted by molar-refractivity contribution is 7.89. The molecular weight excluding hydrogens is 382 g/mol. The Balaban J connectivity index is 1.76. The zero-order valence-electron chi connectivity index (χ0n) is 15.6. The number of aryl methyl sites for hydroxylation is 1. The molecular formula is C19H23N3O5S. The molecule has 1 aliphatic rings. The summed E-state index contributed by atoms with van der Waals surface area (Å²) in [6.45, 7) is 3.49. The minimum Gasteiger partial charge on any atom is -0.491 e. The Morgan fingerprint density at radius 2 is 1.89 bits per heavy atom. The number of hydrogen-bond donors (Lipinski definition) is 1. The molecule has 9 heteroatoms. The summed E-state index contributed by atoms with van der Waals surface area (Å²) in [7, 11) is -3.80. The van der Waals surface area contributed by atoms with Gasteiger partial charge in [0.2, 0.25) is 10.0 Å². The normalized spacial score (nSPS) is 14.8. The van der Waals surface area contributed by atoms with Gasteiger partial charge in [0.25, 0.3) is 5.69 Å². The first-order valence-corrected chi connectivity index (χ1v) is 10.5. The highest BCUT2D eigenvalue weighted by atomic mass is 32.2. The molecule has 3 rings (SSSR count). The maximum absolute atomic E-state index is 13.0. The van der Waals surface area contributed by atoms with Gasteiger partial charge in [-0.15, -0.1) is 0 Å². The van der Waals surface area contributed by atoms with Crippen molar-refractivity contribution in [2.75, 3.05) is 31.6 Å². The van der Waals surface area contributed by atoms with Gasteiger partial charge in [-0.05, 0) is 37.5 Å². The van der Waals surface area contributed by atoms with Crippen molar-refractivity contribution in [3.8, 4) is 5.75 Å². The predicted molar refractivity (Wildman–Crippen MR) is 106 cm³/mol. The van der Waals surface area contributed by atoms with E-state index >= 15 is 0 Å². The number of sulfonamides is 1. The zero-order valence-corrected chi connectivity index (χ0v) is 16.4. The smallest absolute Gasteiger partial charge is 0.270 e. The van der Waals surface area contributed by atoms with Crippen molar-refractivity contribution in [2.24, 2.45) is 0 Å². The van der Waals surface area contributed by atoms with E-state index in [1.165, 1.54) is 16.4 Å². The number of benzene rings is 2. The lowest BCUT2D eigenvalue weighted by molar-refractivity contribution is -0.385. The fourth-order valence-electron chi connectivity index (χ4n) is 3.12. The Labute approximate surface area is 164 Å². The highest BCUT2D eigenvalue weighted by Crippen LogP contribution is 2.30. The second kappa shape index (κ2) is 8.57. The molecule has 28 heavy (non-hydrogen) atoms. The van der Waals surface area contributed by atoms with E-state index in [1.807, 2.05) is 31.2 Å². The summed E-state index contributed by atoms with van der Waals surface area (Å²) in [5, 5.41) is 14.2. The Morgan fingerprint density at radius 1 is 1.18 bits per heavy atom. The monoisotopic (exact) mass is 405 g/mol. The van der Waals surface area contributed by atoms with Crippen molar-refractivity contribution >= 4 is 21.4 Å². The molecule has 0 saturated carbocycles. The van der Waals surface area contributed by atoms with Crippen molar-refractivity contribution in [1.82, 2.24) is 4.31 Å². The Kier molecular flexibility index (Phi) is 6.15.